The molecule has 0 amide bonds. The molecule has 0 saturated carbocycles. The van der Waals surface area contributed by atoms with E-state index in [2.05, 4.69) is 0 Å². The van der Waals surface area contributed by atoms with Gasteiger partial charge in [-0.1, -0.05) is 0 Å². The van der Waals surface area contributed by atoms with Gasteiger partial charge in [0.25, 0.3) is 0 Å². The summed E-state index contributed by atoms with van der Waals surface area (Å²) in [6.45, 7) is 1.36. The summed E-state index contributed by atoms with van der Waals surface area (Å²) in [6, 6.07) is 2.08. The van der Waals surface area contributed by atoms with E-state index >= 15 is 0 Å². The first kappa shape index (κ1) is 18.7. The van der Waals surface area contributed by atoms with Crippen molar-refractivity contribution in [2.75, 3.05) is 6.61 Å². The van der Waals surface area contributed by atoms with Crippen LogP contribution >= 0.6 is 0 Å². The van der Waals surface area contributed by atoms with E-state index < -0.39 is 35.5 Å². The first-order valence-corrected chi connectivity index (χ1v) is 7.94. The van der Waals surface area contributed by atoms with Gasteiger partial charge in [-0.3, -0.25) is 9.59 Å². The van der Waals surface area contributed by atoms with Gasteiger partial charge in [-0.05, 0) is 26.2 Å². The van der Waals surface area contributed by atoms with Crippen LogP contribution in [-0.4, -0.2) is 51.7 Å². The minimum absolute atomic E-state index is 0.0863. The normalized spacial score (nSPS) is 23.2. The number of phenolic OH excluding ortho intramolecular Hbond substituents is 2. The summed E-state index contributed by atoms with van der Waals surface area (Å²) in [4.78, 5) is 35.9. The molecule has 0 radical (unpaired) electrons. The van der Waals surface area contributed by atoms with E-state index in [1.807, 2.05) is 0 Å². The molecule has 1 aromatic carbocycles. The van der Waals surface area contributed by atoms with E-state index in [0.717, 1.165) is 12.1 Å². The average molecular weight is 352 g/mol. The van der Waals surface area contributed by atoms with Crippen LogP contribution < -0.4 is 4.74 Å². The molecule has 0 spiro atoms. The Morgan fingerprint density at radius 3 is 2.56 bits per heavy atom. The molecule has 136 valence electrons. The van der Waals surface area contributed by atoms with E-state index in [-0.39, 0.29) is 36.5 Å². The van der Waals surface area contributed by atoms with Crippen LogP contribution in [0.4, 0.5) is 0 Å². The number of aromatic hydroxyl groups is 2. The van der Waals surface area contributed by atoms with Gasteiger partial charge >= 0.3 is 5.97 Å². The molecule has 0 aromatic heterocycles. The van der Waals surface area contributed by atoms with Gasteiger partial charge in [-0.25, -0.2) is 4.79 Å². The molecule has 0 saturated heterocycles. The molecular formula is C17H20O8. The number of carbonyl (C=O) groups is 3. The van der Waals surface area contributed by atoms with E-state index in [9.17, 15) is 29.7 Å². The first-order valence-electron chi connectivity index (χ1n) is 7.94. The number of phenols is 2. The fraction of sp³-hybridized carbons (Fsp3) is 0.471. The third-order valence-corrected chi connectivity index (χ3v) is 3.83. The molecule has 0 aliphatic carbocycles. The molecule has 1 aromatic rings. The summed E-state index contributed by atoms with van der Waals surface area (Å²) in [5.74, 6) is -3.52. The largest absolute Gasteiger partial charge is 0.508 e. The maximum atomic E-state index is 12.3. The number of aliphatic hydroxyl groups excluding tert-OH is 1. The third-order valence-electron chi connectivity index (χ3n) is 3.83. The molecule has 1 unspecified atom stereocenters. The number of aliphatic hydroxyl groups is 1. The molecule has 8 heteroatoms. The predicted molar refractivity (Wildman–Crippen MR) is 84.6 cm³/mol. The van der Waals surface area contributed by atoms with Gasteiger partial charge in [-0.15, -0.1) is 0 Å². The second-order valence-corrected chi connectivity index (χ2v) is 5.89. The lowest BCUT2D eigenvalue weighted by atomic mass is 10.0. The summed E-state index contributed by atoms with van der Waals surface area (Å²) >= 11 is 0. The van der Waals surface area contributed by atoms with Crippen LogP contribution in [-0.2, 0) is 14.3 Å². The Morgan fingerprint density at radius 1 is 1.12 bits per heavy atom. The van der Waals surface area contributed by atoms with Gasteiger partial charge in [0.2, 0.25) is 11.6 Å². The minimum atomic E-state index is -1.39. The van der Waals surface area contributed by atoms with Gasteiger partial charge in [0.1, 0.15) is 28.9 Å². The van der Waals surface area contributed by atoms with Crippen molar-refractivity contribution in [1.82, 2.24) is 0 Å². The standard InChI is InChI=1S/C17H20O8/c1-9-3-2-4-11(19)16(22)12(20)5-6-24-14-8-10(18)7-13(21)15(14)17(23)25-9/h7-9,11,18-19,21H,2-6H2,1H3/t9-,11?/m0/s1. The van der Waals surface area contributed by atoms with E-state index in [1.165, 1.54) is 0 Å². The molecule has 1 aliphatic heterocycles. The predicted octanol–water partition coefficient (Wildman–Crippen LogP) is 1.09. The van der Waals surface area contributed by atoms with Crippen molar-refractivity contribution in [3.8, 4) is 17.2 Å². The summed E-state index contributed by atoms with van der Waals surface area (Å²) in [5, 5.41) is 29.2. The summed E-state index contributed by atoms with van der Waals surface area (Å²) in [6.07, 6.45) is -1.42. The van der Waals surface area contributed by atoms with Gasteiger partial charge in [-0.2, -0.15) is 0 Å². The van der Waals surface area contributed by atoms with Crippen molar-refractivity contribution < 1.29 is 39.2 Å². The zero-order valence-electron chi connectivity index (χ0n) is 13.7. The lowest BCUT2D eigenvalue weighted by Crippen LogP contribution is -2.30. The van der Waals surface area contributed by atoms with Crippen molar-refractivity contribution in [2.24, 2.45) is 0 Å². The Kier molecular flexibility index (Phi) is 5.97. The number of hydrogen-bond acceptors (Lipinski definition) is 8. The molecule has 1 aliphatic rings. The third kappa shape index (κ3) is 4.69. The first-order chi connectivity index (χ1) is 11.8. The lowest BCUT2D eigenvalue weighted by molar-refractivity contribution is -0.142. The number of fused-ring (bicyclic) bond motifs is 1. The van der Waals surface area contributed by atoms with Gasteiger partial charge in [0, 0.05) is 18.6 Å². The van der Waals surface area contributed by atoms with Gasteiger partial charge in [0.15, 0.2) is 0 Å². The Labute approximate surface area is 144 Å². The van der Waals surface area contributed by atoms with Crippen LogP contribution in [0.25, 0.3) is 0 Å². The van der Waals surface area contributed by atoms with Crippen LogP contribution in [0.3, 0.4) is 0 Å². The number of ketones is 2. The Balaban J connectivity index is 2.31. The number of hydrogen-bond donors (Lipinski definition) is 3. The Morgan fingerprint density at radius 2 is 1.84 bits per heavy atom. The number of ether oxygens (including phenoxy) is 2. The van der Waals surface area contributed by atoms with Gasteiger partial charge in [0.05, 0.1) is 12.7 Å². The topological polar surface area (TPSA) is 130 Å². The number of Topliss-reactive ketones (excluding diaryl/α,β-unsaturated/α-hetero) is 2. The summed E-state index contributed by atoms with van der Waals surface area (Å²) in [7, 11) is 0. The second-order valence-electron chi connectivity index (χ2n) is 5.89. The van der Waals surface area contributed by atoms with Gasteiger partial charge < -0.3 is 24.8 Å². The summed E-state index contributed by atoms with van der Waals surface area (Å²) in [5.41, 5.74) is -0.263. The number of rotatable bonds is 0. The fourth-order valence-electron chi connectivity index (χ4n) is 2.50. The van der Waals surface area contributed by atoms with E-state index in [1.54, 1.807) is 6.92 Å². The molecule has 0 bridgehead atoms. The SMILES string of the molecule is C[C@H]1CCCC(O)C(=O)C(=O)CCOc2cc(O)cc(O)c2C(=O)O1. The van der Waals surface area contributed by atoms with Crippen molar-refractivity contribution in [2.45, 2.75) is 44.8 Å². The van der Waals surface area contributed by atoms with Crippen LogP contribution in [0.1, 0.15) is 43.0 Å². The molecule has 0 fully saturated rings. The Hall–Kier alpha value is -2.61. The molecule has 2 rings (SSSR count). The quantitative estimate of drug-likeness (QED) is 0.467. The van der Waals surface area contributed by atoms with E-state index in [4.69, 9.17) is 9.47 Å². The smallest absolute Gasteiger partial charge is 0.346 e. The van der Waals surface area contributed by atoms with Crippen molar-refractivity contribution >= 4 is 17.5 Å². The number of cyclic esters (lactones) is 1. The number of carbonyl (C=O) groups excluding carboxylic acids is 3. The maximum Gasteiger partial charge on any atom is 0.346 e. The van der Waals surface area contributed by atoms with Crippen molar-refractivity contribution in [3.05, 3.63) is 17.7 Å². The van der Waals surface area contributed by atoms with E-state index in [0.29, 0.717) is 12.8 Å². The Bertz CT molecular complexity index is 681. The highest BCUT2D eigenvalue weighted by molar-refractivity contribution is 6.38. The highest BCUT2D eigenvalue weighted by Gasteiger charge is 2.26. The lowest BCUT2D eigenvalue weighted by Gasteiger charge is -2.18. The number of benzene rings is 1. The zero-order chi connectivity index (χ0) is 18.6. The zero-order valence-corrected chi connectivity index (χ0v) is 13.7. The van der Waals surface area contributed by atoms with Crippen LogP contribution in [0.15, 0.2) is 12.1 Å². The molecular weight excluding hydrogens is 332 g/mol. The van der Waals surface area contributed by atoms with Crippen LogP contribution in [0.2, 0.25) is 0 Å². The van der Waals surface area contributed by atoms with Crippen molar-refractivity contribution in [3.63, 3.8) is 0 Å². The average Bonchev–Trinajstić information content (AvgIpc) is 2.52. The van der Waals surface area contributed by atoms with Crippen LogP contribution in [0.5, 0.6) is 17.2 Å². The molecule has 25 heavy (non-hydrogen) atoms. The molecule has 1 heterocycles. The second kappa shape index (κ2) is 7.98. The molecule has 2 atom stereocenters. The molecule has 3 N–H and O–H groups in total. The fourth-order valence-corrected chi connectivity index (χ4v) is 2.50. The minimum Gasteiger partial charge on any atom is -0.508 e. The maximum absolute atomic E-state index is 12.3. The number of esters is 1. The van der Waals surface area contributed by atoms with Crippen molar-refractivity contribution in [1.29, 1.82) is 0 Å². The highest BCUT2D eigenvalue weighted by Crippen LogP contribution is 2.34. The highest BCUT2D eigenvalue weighted by atomic mass is 16.5. The summed E-state index contributed by atoms with van der Waals surface area (Å²) < 4.78 is 10.5. The molecule has 8 nitrogen and oxygen atoms in total. The monoisotopic (exact) mass is 352 g/mol. The van der Waals surface area contributed by atoms with Crippen LogP contribution in [0, 0.1) is 0 Å².